The zero-order valence-electron chi connectivity index (χ0n) is 18.5. The zero-order valence-corrected chi connectivity index (χ0v) is 19.3. The molecule has 0 amide bonds. The largest absolute Gasteiger partial charge is 0.368 e. The fourth-order valence-corrected chi connectivity index (χ4v) is 5.30. The van der Waals surface area contributed by atoms with Gasteiger partial charge in [0.05, 0.1) is 21.7 Å². The molecule has 12 heteroatoms. The topological polar surface area (TPSA) is 125 Å². The summed E-state index contributed by atoms with van der Waals surface area (Å²) in [4.78, 5) is 20.7. The van der Waals surface area contributed by atoms with Crippen molar-refractivity contribution in [3.8, 4) is 11.1 Å². The van der Waals surface area contributed by atoms with Gasteiger partial charge in [0.1, 0.15) is 11.5 Å². The number of hydrogen-bond acceptors (Lipinski definition) is 6. The second-order valence-electron chi connectivity index (χ2n) is 7.93. The Morgan fingerprint density at radius 3 is 2.63 bits per heavy atom. The van der Waals surface area contributed by atoms with E-state index in [0.29, 0.717) is 16.3 Å². The Morgan fingerprint density at radius 2 is 1.86 bits per heavy atom. The number of nitrogens with zero attached hydrogens (tertiary/aromatic N) is 4. The van der Waals surface area contributed by atoms with Crippen molar-refractivity contribution in [1.29, 1.82) is 0 Å². The van der Waals surface area contributed by atoms with E-state index in [1.807, 2.05) is 0 Å². The number of aromatic nitrogens is 4. The molecule has 9 nitrogen and oxygen atoms in total. The van der Waals surface area contributed by atoms with Crippen molar-refractivity contribution in [3.05, 3.63) is 76.8 Å². The van der Waals surface area contributed by atoms with Crippen molar-refractivity contribution in [1.82, 2.24) is 19.1 Å². The van der Waals surface area contributed by atoms with Crippen molar-refractivity contribution in [2.75, 3.05) is 10.5 Å². The van der Waals surface area contributed by atoms with E-state index in [1.165, 1.54) is 25.4 Å². The summed E-state index contributed by atoms with van der Waals surface area (Å²) in [6, 6.07) is 9.42. The first kappa shape index (κ1) is 22.5. The number of rotatable bonds is 4. The molecule has 2 aromatic carbocycles. The lowest BCUT2D eigenvalue weighted by Gasteiger charge is -2.14. The van der Waals surface area contributed by atoms with Crippen LogP contribution in [0.25, 0.3) is 33.1 Å². The van der Waals surface area contributed by atoms with Gasteiger partial charge in [0.2, 0.25) is 5.95 Å². The molecule has 0 fully saturated rings. The van der Waals surface area contributed by atoms with Crippen LogP contribution in [0.1, 0.15) is 0 Å². The third-order valence-electron chi connectivity index (χ3n) is 5.75. The van der Waals surface area contributed by atoms with Gasteiger partial charge in [-0.15, -0.1) is 0 Å². The number of nitrogens with two attached hydrogens (primary N) is 1. The first-order chi connectivity index (χ1) is 16.6. The van der Waals surface area contributed by atoms with E-state index in [2.05, 4.69) is 14.7 Å². The summed E-state index contributed by atoms with van der Waals surface area (Å²) in [6.07, 6.45) is 3.02. The zero-order chi connectivity index (χ0) is 25.1. The Bertz CT molecular complexity index is 1830. The highest BCUT2D eigenvalue weighted by molar-refractivity contribution is 7.93. The highest BCUT2D eigenvalue weighted by Crippen LogP contribution is 2.32. The molecule has 3 aromatic heterocycles. The summed E-state index contributed by atoms with van der Waals surface area (Å²) in [6.45, 7) is 0. The molecule has 0 bridgehead atoms. The molecule has 5 aromatic rings. The van der Waals surface area contributed by atoms with Crippen LogP contribution in [0.3, 0.4) is 0 Å². The van der Waals surface area contributed by atoms with Gasteiger partial charge in [0.25, 0.3) is 15.6 Å². The summed E-state index contributed by atoms with van der Waals surface area (Å²) in [5, 5.41) is 0.754. The molecule has 0 saturated heterocycles. The molecule has 5 rings (SSSR count). The third kappa shape index (κ3) is 3.58. The summed E-state index contributed by atoms with van der Waals surface area (Å²) in [7, 11) is -1.12. The van der Waals surface area contributed by atoms with E-state index >= 15 is 4.39 Å². The monoisotopic (exact) mass is 496 g/mol. The van der Waals surface area contributed by atoms with Crippen molar-refractivity contribution in [2.24, 2.45) is 14.1 Å². The van der Waals surface area contributed by atoms with Crippen LogP contribution in [0.2, 0.25) is 0 Å². The van der Waals surface area contributed by atoms with E-state index in [0.717, 1.165) is 16.7 Å². The molecule has 0 atom stereocenters. The van der Waals surface area contributed by atoms with Gasteiger partial charge in [-0.1, -0.05) is 6.07 Å². The van der Waals surface area contributed by atoms with Crippen molar-refractivity contribution in [2.45, 2.75) is 4.90 Å². The van der Waals surface area contributed by atoms with Crippen LogP contribution in [0.5, 0.6) is 0 Å². The number of nitrogens with one attached hydrogen (secondary N) is 1. The first-order valence-corrected chi connectivity index (χ1v) is 11.7. The van der Waals surface area contributed by atoms with Crippen LogP contribution < -0.4 is 16.0 Å². The van der Waals surface area contributed by atoms with Crippen LogP contribution >= 0.6 is 0 Å². The Morgan fingerprint density at radius 1 is 1.09 bits per heavy atom. The Labute approximate surface area is 197 Å². The van der Waals surface area contributed by atoms with Gasteiger partial charge in [0.15, 0.2) is 5.82 Å². The lowest BCUT2D eigenvalue weighted by molar-refractivity contribution is 0.587. The molecule has 0 saturated carbocycles. The van der Waals surface area contributed by atoms with Crippen LogP contribution in [0, 0.1) is 11.6 Å². The fraction of sp³-hybridized carbons (Fsp3) is 0.0870. The second-order valence-corrected chi connectivity index (χ2v) is 9.59. The molecule has 0 unspecified atom stereocenters. The smallest absolute Gasteiger partial charge is 0.262 e. The average Bonchev–Trinajstić information content (AvgIpc) is 3.20. The van der Waals surface area contributed by atoms with Crippen molar-refractivity contribution in [3.63, 3.8) is 0 Å². The maximum Gasteiger partial charge on any atom is 0.262 e. The molecule has 0 spiro atoms. The highest BCUT2D eigenvalue weighted by atomic mass is 32.2. The van der Waals surface area contributed by atoms with E-state index < -0.39 is 38.5 Å². The van der Waals surface area contributed by atoms with Gasteiger partial charge in [-0.2, -0.15) is 4.98 Å². The third-order valence-corrected chi connectivity index (χ3v) is 7.17. The molecule has 3 N–H and O–H groups in total. The molecular weight excluding hydrogens is 478 g/mol. The number of fused-ring (bicyclic) bond motifs is 2. The number of hydrogen-bond donors (Lipinski definition) is 2. The molecule has 3 heterocycles. The highest BCUT2D eigenvalue weighted by Gasteiger charge is 2.25. The number of sulfonamides is 1. The van der Waals surface area contributed by atoms with Gasteiger partial charge in [-0.05, 0) is 36.4 Å². The van der Waals surface area contributed by atoms with E-state index in [4.69, 9.17) is 5.73 Å². The number of aryl methyl sites for hydroxylation is 2. The molecule has 35 heavy (non-hydrogen) atoms. The molecule has 0 aliphatic carbocycles. The second kappa shape index (κ2) is 7.87. The minimum Gasteiger partial charge on any atom is -0.368 e. The predicted molar refractivity (Wildman–Crippen MR) is 128 cm³/mol. The summed E-state index contributed by atoms with van der Waals surface area (Å²) < 4.78 is 61.8. The minimum absolute atomic E-state index is 0.0672. The van der Waals surface area contributed by atoms with Crippen molar-refractivity contribution < 1.29 is 17.2 Å². The van der Waals surface area contributed by atoms with E-state index in [1.54, 1.807) is 36.0 Å². The normalized spacial score (nSPS) is 11.9. The summed E-state index contributed by atoms with van der Waals surface area (Å²) in [5.74, 6) is -2.34. The van der Waals surface area contributed by atoms with E-state index in [-0.39, 0.29) is 22.1 Å². The Hall–Kier alpha value is -4.32. The van der Waals surface area contributed by atoms with Crippen LogP contribution in [-0.4, -0.2) is 27.5 Å². The Balaban J connectivity index is 1.66. The fourth-order valence-electron chi connectivity index (χ4n) is 4.03. The quantitative estimate of drug-likeness (QED) is 0.394. The number of pyridine rings is 1. The maximum atomic E-state index is 15.6. The maximum absolute atomic E-state index is 15.6. The predicted octanol–water partition coefficient (Wildman–Crippen LogP) is 3.15. The molecule has 0 aliphatic heterocycles. The number of benzene rings is 2. The number of halogens is 2. The molecule has 0 radical (unpaired) electrons. The van der Waals surface area contributed by atoms with Gasteiger partial charge in [0, 0.05) is 42.8 Å². The van der Waals surface area contributed by atoms with Crippen LogP contribution in [-0.2, 0) is 24.1 Å². The summed E-state index contributed by atoms with van der Waals surface area (Å²) >= 11 is 0. The van der Waals surface area contributed by atoms with E-state index in [9.17, 15) is 17.6 Å². The molecular formula is C23H18F2N6O3S. The Kier molecular flexibility index (Phi) is 5.06. The lowest BCUT2D eigenvalue weighted by atomic mass is 10.0. The van der Waals surface area contributed by atoms with Gasteiger partial charge < -0.3 is 10.3 Å². The standard InChI is InChI=1S/C23H18F2N6O3S/c1-30-9-8-13-17(30)4-3-5-18(13)35(33,34)29-16-7-6-15(24)19(20(16)25)14-10-12-11-27-23(26)28-21(12)31(2)22(14)32/h3-11,29H,1-2H3,(H2,26,27,28). The summed E-state index contributed by atoms with van der Waals surface area (Å²) in [5.41, 5.74) is 4.16. The molecule has 178 valence electrons. The van der Waals surface area contributed by atoms with Crippen LogP contribution in [0.15, 0.2) is 64.5 Å². The van der Waals surface area contributed by atoms with Crippen molar-refractivity contribution >= 4 is 43.6 Å². The average molecular weight is 496 g/mol. The lowest BCUT2D eigenvalue weighted by Crippen LogP contribution is -2.21. The minimum atomic E-state index is -4.26. The van der Waals surface area contributed by atoms with Gasteiger partial charge in [-0.3, -0.25) is 14.1 Å². The van der Waals surface area contributed by atoms with Crippen LogP contribution in [0.4, 0.5) is 20.4 Å². The first-order valence-electron chi connectivity index (χ1n) is 10.3. The molecule has 0 aliphatic rings. The van der Waals surface area contributed by atoms with Gasteiger partial charge in [-0.25, -0.2) is 22.2 Å². The number of anilines is 2. The number of nitrogen functional groups attached to an aromatic ring is 1. The SMILES string of the molecule is Cn1ccc2c(S(=O)(=O)Nc3ccc(F)c(-c4cc5cnc(N)nc5n(C)c4=O)c3F)cccc21. The van der Waals surface area contributed by atoms with Gasteiger partial charge >= 0.3 is 0 Å².